The van der Waals surface area contributed by atoms with E-state index in [0.29, 0.717) is 21.8 Å². The summed E-state index contributed by atoms with van der Waals surface area (Å²) in [7, 11) is 1.73. The zero-order valence-corrected chi connectivity index (χ0v) is 18.1. The number of ether oxygens (including phenoxy) is 1. The number of hydrogen-bond donors (Lipinski definition) is 1. The molecule has 0 saturated carbocycles. The van der Waals surface area contributed by atoms with Crippen LogP contribution in [0.1, 0.15) is 24.4 Å². The lowest BCUT2D eigenvalue weighted by atomic mass is 10.2. The molecule has 0 aliphatic rings. The molecule has 1 unspecified atom stereocenters. The average Bonchev–Trinajstić information content (AvgIpc) is 3.08. The number of alkyl halides is 3. The molecule has 3 aromatic rings. The van der Waals surface area contributed by atoms with E-state index in [1.807, 2.05) is 0 Å². The number of carbonyl (C=O) groups excluding carboxylic acids is 1. The smallest absolute Gasteiger partial charge is 0.416 e. The van der Waals surface area contributed by atoms with Gasteiger partial charge in [-0.05, 0) is 37.3 Å². The lowest BCUT2D eigenvalue weighted by Gasteiger charge is -2.15. The Kier molecular flexibility index (Phi) is 7.11. The Labute approximate surface area is 185 Å². The summed E-state index contributed by atoms with van der Waals surface area (Å²) in [6, 6.07) is 11.5. The van der Waals surface area contributed by atoms with Crippen molar-refractivity contribution in [3.8, 4) is 5.75 Å². The SMILES string of the molecule is CC(Oc1ccccc1Cl)c1nnc(SCC(=O)Nc2cccc(C(F)(F)F)c2)n1C. The van der Waals surface area contributed by atoms with E-state index in [4.69, 9.17) is 16.3 Å². The number of aromatic nitrogens is 3. The summed E-state index contributed by atoms with van der Waals surface area (Å²) < 4.78 is 45.9. The van der Waals surface area contributed by atoms with Crippen molar-refractivity contribution in [1.29, 1.82) is 0 Å². The minimum absolute atomic E-state index is 0.0536. The fraction of sp³-hybridized carbons (Fsp3) is 0.250. The van der Waals surface area contributed by atoms with Crippen molar-refractivity contribution in [2.45, 2.75) is 24.4 Å². The third-order valence-electron chi connectivity index (χ3n) is 4.18. The number of hydrogen-bond acceptors (Lipinski definition) is 5. The third kappa shape index (κ3) is 5.92. The van der Waals surface area contributed by atoms with Crippen LogP contribution >= 0.6 is 23.4 Å². The molecule has 11 heteroatoms. The molecule has 0 radical (unpaired) electrons. The molecule has 1 aromatic heterocycles. The summed E-state index contributed by atoms with van der Waals surface area (Å²) in [4.78, 5) is 12.2. The maximum atomic E-state index is 12.8. The number of benzene rings is 2. The van der Waals surface area contributed by atoms with Crippen molar-refractivity contribution in [1.82, 2.24) is 14.8 Å². The van der Waals surface area contributed by atoms with Gasteiger partial charge in [-0.25, -0.2) is 0 Å². The molecule has 0 aliphatic carbocycles. The summed E-state index contributed by atoms with van der Waals surface area (Å²) in [5.74, 6) is 0.520. The van der Waals surface area contributed by atoms with Crippen LogP contribution in [0.15, 0.2) is 53.7 Å². The van der Waals surface area contributed by atoms with Gasteiger partial charge in [0.05, 0.1) is 16.3 Å². The number of nitrogens with zero attached hydrogens (tertiary/aromatic N) is 3. The summed E-state index contributed by atoms with van der Waals surface area (Å²) >= 11 is 7.21. The van der Waals surface area contributed by atoms with Gasteiger partial charge in [0.25, 0.3) is 0 Å². The van der Waals surface area contributed by atoms with Crippen molar-refractivity contribution in [2.75, 3.05) is 11.1 Å². The first-order chi connectivity index (χ1) is 14.6. The van der Waals surface area contributed by atoms with Crippen LogP contribution in [-0.2, 0) is 18.0 Å². The molecular formula is C20H18ClF3N4O2S. The van der Waals surface area contributed by atoms with Crippen LogP contribution in [0.25, 0.3) is 0 Å². The average molecular weight is 471 g/mol. The maximum absolute atomic E-state index is 12.8. The predicted octanol–water partition coefficient (Wildman–Crippen LogP) is 5.36. The van der Waals surface area contributed by atoms with Gasteiger partial charge in [0.2, 0.25) is 5.91 Å². The van der Waals surface area contributed by atoms with Gasteiger partial charge in [0.1, 0.15) is 5.75 Å². The Morgan fingerprint density at radius 1 is 1.23 bits per heavy atom. The van der Waals surface area contributed by atoms with Gasteiger partial charge in [0.15, 0.2) is 17.1 Å². The monoisotopic (exact) mass is 470 g/mol. The summed E-state index contributed by atoms with van der Waals surface area (Å²) in [5, 5.41) is 11.6. The first-order valence-electron chi connectivity index (χ1n) is 9.05. The van der Waals surface area contributed by atoms with Crippen molar-refractivity contribution in [2.24, 2.45) is 7.05 Å². The molecule has 1 atom stereocenters. The Bertz CT molecular complexity index is 1070. The standard InChI is InChI=1S/C20H18ClF3N4O2S/c1-12(30-16-9-4-3-8-15(16)21)18-26-27-19(28(18)2)31-11-17(29)25-14-7-5-6-13(10-14)20(22,23)24/h3-10,12H,11H2,1-2H3,(H,25,29). The van der Waals surface area contributed by atoms with Gasteiger partial charge in [-0.1, -0.05) is 41.6 Å². The molecule has 0 bridgehead atoms. The first kappa shape index (κ1) is 23.0. The number of carbonyl (C=O) groups is 1. The molecule has 6 nitrogen and oxygen atoms in total. The minimum Gasteiger partial charge on any atom is -0.481 e. The second-order valence-corrected chi connectivity index (χ2v) is 7.86. The summed E-state index contributed by atoms with van der Waals surface area (Å²) in [6.45, 7) is 1.79. The minimum atomic E-state index is -4.48. The molecule has 31 heavy (non-hydrogen) atoms. The highest BCUT2D eigenvalue weighted by atomic mass is 35.5. The van der Waals surface area contributed by atoms with Gasteiger partial charge in [-0.15, -0.1) is 10.2 Å². The Hall–Kier alpha value is -2.72. The normalized spacial score (nSPS) is 12.5. The molecule has 164 valence electrons. The van der Waals surface area contributed by atoms with Gasteiger partial charge >= 0.3 is 6.18 Å². The Morgan fingerprint density at radius 2 is 1.97 bits per heavy atom. The third-order valence-corrected chi connectivity index (χ3v) is 5.51. The maximum Gasteiger partial charge on any atom is 0.416 e. The Balaban J connectivity index is 1.60. The van der Waals surface area contributed by atoms with Gasteiger partial charge in [0, 0.05) is 12.7 Å². The fourth-order valence-corrected chi connectivity index (χ4v) is 3.59. The summed E-state index contributed by atoms with van der Waals surface area (Å²) in [5.41, 5.74) is -0.760. The van der Waals surface area contributed by atoms with Crippen molar-refractivity contribution < 1.29 is 22.7 Å². The molecular weight excluding hydrogens is 453 g/mol. The zero-order chi connectivity index (χ0) is 22.6. The van der Waals surface area contributed by atoms with Crippen LogP contribution in [0, 0.1) is 0 Å². The quantitative estimate of drug-likeness (QED) is 0.471. The number of rotatable bonds is 7. The molecule has 0 spiro atoms. The highest BCUT2D eigenvalue weighted by Gasteiger charge is 2.30. The second kappa shape index (κ2) is 9.61. The molecule has 1 heterocycles. The van der Waals surface area contributed by atoms with E-state index >= 15 is 0 Å². The van der Waals surface area contributed by atoms with E-state index in [1.165, 1.54) is 12.1 Å². The second-order valence-electron chi connectivity index (χ2n) is 6.51. The number of thioether (sulfide) groups is 1. The zero-order valence-electron chi connectivity index (χ0n) is 16.5. The lowest BCUT2D eigenvalue weighted by molar-refractivity contribution is -0.137. The first-order valence-corrected chi connectivity index (χ1v) is 10.4. The van der Waals surface area contributed by atoms with Gasteiger partial charge in [-0.2, -0.15) is 13.2 Å². The molecule has 0 aliphatic heterocycles. The molecule has 3 rings (SSSR count). The summed E-state index contributed by atoms with van der Waals surface area (Å²) in [6.07, 6.45) is -4.93. The van der Waals surface area contributed by atoms with E-state index in [9.17, 15) is 18.0 Å². The molecule has 0 fully saturated rings. The largest absolute Gasteiger partial charge is 0.481 e. The van der Waals surface area contributed by atoms with Crippen molar-refractivity contribution in [3.63, 3.8) is 0 Å². The van der Waals surface area contributed by atoms with E-state index < -0.39 is 23.8 Å². The van der Waals surface area contributed by atoms with Crippen LogP contribution in [0.2, 0.25) is 5.02 Å². The van der Waals surface area contributed by atoms with E-state index in [1.54, 1.807) is 42.8 Å². The number of anilines is 1. The number of para-hydroxylation sites is 1. The molecule has 1 N–H and O–H groups in total. The number of amides is 1. The van der Waals surface area contributed by atoms with E-state index in [2.05, 4.69) is 15.5 Å². The van der Waals surface area contributed by atoms with E-state index in [0.717, 1.165) is 23.9 Å². The fourth-order valence-electron chi connectivity index (χ4n) is 2.69. The topological polar surface area (TPSA) is 69.0 Å². The van der Waals surface area contributed by atoms with Crippen LogP contribution in [0.5, 0.6) is 5.75 Å². The number of halogens is 4. The highest BCUT2D eigenvalue weighted by Crippen LogP contribution is 2.31. The van der Waals surface area contributed by atoms with Crippen LogP contribution < -0.4 is 10.1 Å². The van der Waals surface area contributed by atoms with E-state index in [-0.39, 0.29) is 11.4 Å². The van der Waals surface area contributed by atoms with Crippen LogP contribution in [0.4, 0.5) is 18.9 Å². The van der Waals surface area contributed by atoms with Gasteiger partial charge in [-0.3, -0.25) is 4.79 Å². The van der Waals surface area contributed by atoms with Gasteiger partial charge < -0.3 is 14.6 Å². The van der Waals surface area contributed by atoms with Crippen LogP contribution in [0.3, 0.4) is 0 Å². The van der Waals surface area contributed by atoms with Crippen molar-refractivity contribution in [3.05, 3.63) is 64.9 Å². The predicted molar refractivity (Wildman–Crippen MR) is 112 cm³/mol. The molecule has 1 amide bonds. The Morgan fingerprint density at radius 3 is 2.68 bits per heavy atom. The highest BCUT2D eigenvalue weighted by molar-refractivity contribution is 7.99. The lowest BCUT2D eigenvalue weighted by Crippen LogP contribution is -2.15. The van der Waals surface area contributed by atoms with Crippen LogP contribution in [-0.4, -0.2) is 26.4 Å². The molecule has 0 saturated heterocycles. The number of nitrogens with one attached hydrogen (secondary N) is 1. The molecule has 2 aromatic carbocycles. The van der Waals surface area contributed by atoms with Crippen molar-refractivity contribution >= 4 is 35.0 Å².